The van der Waals surface area contributed by atoms with Gasteiger partial charge in [0, 0.05) is 44.6 Å². The molecule has 1 aliphatic rings. The molecule has 156 valence electrons. The summed E-state index contributed by atoms with van der Waals surface area (Å²) < 4.78 is 5.45. The van der Waals surface area contributed by atoms with E-state index in [0.29, 0.717) is 19.0 Å². The first-order valence-electron chi connectivity index (χ1n) is 10.2. The first-order valence-corrected chi connectivity index (χ1v) is 10.2. The van der Waals surface area contributed by atoms with Crippen molar-refractivity contribution in [1.29, 1.82) is 0 Å². The molecule has 0 bridgehead atoms. The molecule has 2 amide bonds. The lowest BCUT2D eigenvalue weighted by atomic mass is 10.1. The molecular formula is C23H32N4O2. The van der Waals surface area contributed by atoms with Crippen molar-refractivity contribution in [2.24, 2.45) is 0 Å². The van der Waals surface area contributed by atoms with E-state index < -0.39 is 0 Å². The van der Waals surface area contributed by atoms with Crippen molar-refractivity contribution in [2.45, 2.75) is 34.1 Å². The van der Waals surface area contributed by atoms with Crippen LogP contribution in [0.4, 0.5) is 16.2 Å². The van der Waals surface area contributed by atoms with Gasteiger partial charge in [0.25, 0.3) is 0 Å². The monoisotopic (exact) mass is 396 g/mol. The summed E-state index contributed by atoms with van der Waals surface area (Å²) in [7, 11) is 3.39. The van der Waals surface area contributed by atoms with Gasteiger partial charge in [-0.15, -0.1) is 0 Å². The number of hydrogen-bond donors (Lipinski definition) is 0. The molecule has 6 heteroatoms. The van der Waals surface area contributed by atoms with Crippen LogP contribution < -0.4 is 14.5 Å². The van der Waals surface area contributed by atoms with Gasteiger partial charge >= 0.3 is 6.03 Å². The highest BCUT2D eigenvalue weighted by molar-refractivity contribution is 5.93. The number of benzene rings is 1. The summed E-state index contributed by atoms with van der Waals surface area (Å²) in [5.74, 6) is 0.490. The molecule has 0 saturated carbocycles. The molecular weight excluding hydrogens is 364 g/mol. The summed E-state index contributed by atoms with van der Waals surface area (Å²) in [6, 6.07) is 8.62. The lowest BCUT2D eigenvalue weighted by molar-refractivity contribution is 0.202. The molecule has 1 aliphatic heterocycles. The lowest BCUT2D eigenvalue weighted by Crippen LogP contribution is -2.52. The average Bonchev–Trinajstić information content (AvgIpc) is 2.71. The van der Waals surface area contributed by atoms with Crippen LogP contribution in [0.3, 0.4) is 0 Å². The first-order chi connectivity index (χ1) is 13.8. The molecule has 3 rings (SSSR count). The van der Waals surface area contributed by atoms with E-state index >= 15 is 0 Å². The number of amides is 2. The number of ether oxygens (including phenoxy) is 1. The van der Waals surface area contributed by atoms with E-state index in [1.165, 1.54) is 16.8 Å². The molecule has 1 saturated heterocycles. The van der Waals surface area contributed by atoms with Gasteiger partial charge in [0.1, 0.15) is 5.69 Å². The van der Waals surface area contributed by atoms with Crippen LogP contribution in [0.2, 0.25) is 0 Å². The van der Waals surface area contributed by atoms with Crippen molar-refractivity contribution in [3.05, 3.63) is 46.6 Å². The Morgan fingerprint density at radius 3 is 2.24 bits per heavy atom. The van der Waals surface area contributed by atoms with Gasteiger partial charge < -0.3 is 14.5 Å². The Labute approximate surface area is 174 Å². The van der Waals surface area contributed by atoms with Crippen molar-refractivity contribution >= 4 is 17.4 Å². The van der Waals surface area contributed by atoms with Crippen LogP contribution in [0, 0.1) is 20.8 Å². The number of nitrogens with zero attached hydrogens (tertiary/aromatic N) is 4. The maximum Gasteiger partial charge on any atom is 0.324 e. The van der Waals surface area contributed by atoms with Gasteiger partial charge in [-0.2, -0.15) is 0 Å². The summed E-state index contributed by atoms with van der Waals surface area (Å²) in [6.45, 7) is 11.3. The second kappa shape index (κ2) is 8.72. The third kappa shape index (κ3) is 4.47. The van der Waals surface area contributed by atoms with Crippen molar-refractivity contribution < 1.29 is 9.53 Å². The van der Waals surface area contributed by atoms with Crippen LogP contribution in [-0.4, -0.2) is 56.3 Å². The van der Waals surface area contributed by atoms with E-state index in [1.807, 2.05) is 17.9 Å². The maximum absolute atomic E-state index is 13.2. The number of methoxy groups -OCH3 is 1. The maximum atomic E-state index is 13.2. The predicted molar refractivity (Wildman–Crippen MR) is 118 cm³/mol. The van der Waals surface area contributed by atoms with Crippen molar-refractivity contribution in [3.63, 3.8) is 0 Å². The molecule has 1 fully saturated rings. The summed E-state index contributed by atoms with van der Waals surface area (Å²) >= 11 is 0. The molecule has 0 aliphatic carbocycles. The highest BCUT2D eigenvalue weighted by atomic mass is 16.5. The Morgan fingerprint density at radius 1 is 1.07 bits per heavy atom. The summed E-state index contributed by atoms with van der Waals surface area (Å²) in [5.41, 5.74) is 6.56. The van der Waals surface area contributed by atoms with Crippen molar-refractivity contribution in [2.75, 3.05) is 50.1 Å². The molecule has 1 aromatic carbocycles. The minimum Gasteiger partial charge on any atom is -0.480 e. The molecule has 0 spiro atoms. The van der Waals surface area contributed by atoms with Crippen LogP contribution in [0.5, 0.6) is 5.88 Å². The molecule has 0 N–H and O–H groups in total. The van der Waals surface area contributed by atoms with Crippen molar-refractivity contribution in [1.82, 2.24) is 9.88 Å². The fourth-order valence-electron chi connectivity index (χ4n) is 3.97. The number of aryl methyl sites for hydroxylation is 4. The number of urea groups is 1. The SMILES string of the molecule is CCc1cc(N(C)C(=O)N2CCN(c3cc(C)cc(C)c3)CC2)c(OC)nc1C. The zero-order chi connectivity index (χ0) is 21.1. The van der Waals surface area contributed by atoms with Crippen molar-refractivity contribution in [3.8, 4) is 5.88 Å². The molecule has 2 heterocycles. The molecule has 2 aromatic rings. The minimum absolute atomic E-state index is 0.0175. The van der Waals surface area contributed by atoms with Crippen LogP contribution in [0.15, 0.2) is 24.3 Å². The summed E-state index contributed by atoms with van der Waals surface area (Å²) in [4.78, 5) is 23.6. The van der Waals surface area contributed by atoms with Crippen LogP contribution >= 0.6 is 0 Å². The molecule has 0 atom stereocenters. The standard InChI is InChI=1S/C23H32N4O2/c1-7-19-15-21(22(29-6)24-18(19)4)25(5)23(28)27-10-8-26(9-11-27)20-13-16(2)12-17(3)14-20/h12-15H,7-11H2,1-6H3. The fourth-order valence-corrected chi connectivity index (χ4v) is 3.97. The minimum atomic E-state index is -0.0175. The largest absolute Gasteiger partial charge is 0.480 e. The zero-order valence-corrected chi connectivity index (χ0v) is 18.5. The van der Waals surface area contributed by atoms with Gasteiger partial charge in [-0.05, 0) is 62.1 Å². The van der Waals surface area contributed by atoms with E-state index in [4.69, 9.17) is 4.74 Å². The Balaban J connectivity index is 1.72. The van der Waals surface area contributed by atoms with Gasteiger partial charge in [0.05, 0.1) is 7.11 Å². The molecule has 29 heavy (non-hydrogen) atoms. The van der Waals surface area contributed by atoms with E-state index in [9.17, 15) is 4.79 Å². The third-order valence-electron chi connectivity index (χ3n) is 5.61. The highest BCUT2D eigenvalue weighted by Gasteiger charge is 2.26. The smallest absolute Gasteiger partial charge is 0.324 e. The van der Waals surface area contributed by atoms with E-state index in [2.05, 4.69) is 48.9 Å². The average molecular weight is 397 g/mol. The Hall–Kier alpha value is -2.76. The number of piperazine rings is 1. The summed E-state index contributed by atoms with van der Waals surface area (Å²) in [5, 5.41) is 0. The van der Waals surface area contributed by atoms with Gasteiger partial charge in [-0.25, -0.2) is 9.78 Å². The number of rotatable bonds is 4. The highest BCUT2D eigenvalue weighted by Crippen LogP contribution is 2.29. The van der Waals surface area contributed by atoms with Crippen LogP contribution in [0.1, 0.15) is 29.3 Å². The second-order valence-electron chi connectivity index (χ2n) is 7.78. The second-order valence-corrected chi connectivity index (χ2v) is 7.78. The lowest BCUT2D eigenvalue weighted by Gasteiger charge is -2.38. The predicted octanol–water partition coefficient (Wildman–Crippen LogP) is 3.96. The van der Waals surface area contributed by atoms with Crippen LogP contribution in [0.25, 0.3) is 0 Å². The number of anilines is 2. The molecule has 0 unspecified atom stereocenters. The summed E-state index contributed by atoms with van der Waals surface area (Å²) in [6.07, 6.45) is 0.868. The molecule has 0 radical (unpaired) electrons. The van der Waals surface area contributed by atoms with Gasteiger partial charge in [-0.1, -0.05) is 13.0 Å². The Kier molecular flexibility index (Phi) is 6.30. The van der Waals surface area contributed by atoms with Crippen LogP contribution in [-0.2, 0) is 6.42 Å². The number of pyridine rings is 1. The Bertz CT molecular complexity index is 868. The quantitative estimate of drug-likeness (QED) is 0.785. The topological polar surface area (TPSA) is 48.9 Å². The van der Waals surface area contributed by atoms with Gasteiger partial charge in [0.15, 0.2) is 0 Å². The molecule has 1 aromatic heterocycles. The van der Waals surface area contributed by atoms with E-state index in [1.54, 1.807) is 19.1 Å². The number of carbonyl (C=O) groups excluding carboxylic acids is 1. The van der Waals surface area contributed by atoms with E-state index in [-0.39, 0.29) is 6.03 Å². The fraction of sp³-hybridized carbons (Fsp3) is 0.478. The number of carbonyl (C=O) groups is 1. The third-order valence-corrected chi connectivity index (χ3v) is 5.61. The zero-order valence-electron chi connectivity index (χ0n) is 18.5. The number of hydrogen-bond acceptors (Lipinski definition) is 4. The molecule has 6 nitrogen and oxygen atoms in total. The first kappa shape index (κ1) is 21.0. The van der Waals surface area contributed by atoms with E-state index in [0.717, 1.165) is 36.5 Å². The normalized spacial score (nSPS) is 14.1. The Morgan fingerprint density at radius 2 is 1.69 bits per heavy atom. The van der Waals surface area contributed by atoms with Gasteiger partial charge in [-0.3, -0.25) is 4.90 Å². The van der Waals surface area contributed by atoms with Gasteiger partial charge in [0.2, 0.25) is 5.88 Å². The number of aromatic nitrogens is 1.